The summed E-state index contributed by atoms with van der Waals surface area (Å²) in [5.41, 5.74) is 0.286. The minimum absolute atomic E-state index is 0.286. The molecule has 2 aliphatic rings. The summed E-state index contributed by atoms with van der Waals surface area (Å²) in [7, 11) is 2.23. The number of likely N-dealkylation sites (N-methyl/N-ethyl adjacent to an activating group) is 1. The molecule has 1 aromatic rings. The maximum absolute atomic E-state index is 11.0. The molecule has 2 fully saturated rings. The zero-order chi connectivity index (χ0) is 14.3. The van der Waals surface area contributed by atoms with Crippen molar-refractivity contribution < 1.29 is 14.3 Å². The lowest BCUT2D eigenvalue weighted by Crippen LogP contribution is -2.36. The zero-order valence-electron chi connectivity index (χ0n) is 12.1. The van der Waals surface area contributed by atoms with E-state index in [0.717, 1.165) is 24.9 Å². The van der Waals surface area contributed by atoms with E-state index in [0.29, 0.717) is 18.3 Å². The first-order valence-electron chi connectivity index (χ1n) is 7.31. The Kier molecular flexibility index (Phi) is 3.56. The molecule has 0 aliphatic carbocycles. The van der Waals surface area contributed by atoms with Gasteiger partial charge >= 0.3 is 5.97 Å². The lowest BCUT2D eigenvalue weighted by molar-refractivity contribution is 0.0695. The van der Waals surface area contributed by atoms with Crippen molar-refractivity contribution in [2.24, 2.45) is 0 Å². The summed E-state index contributed by atoms with van der Waals surface area (Å²) in [6.07, 6.45) is 3.78. The lowest BCUT2D eigenvalue weighted by atomic mass is 10.1. The number of hydrogen-bond donors (Lipinski definition) is 1. The molecule has 5 heteroatoms. The Morgan fingerprint density at radius 2 is 2.15 bits per heavy atom. The summed E-state index contributed by atoms with van der Waals surface area (Å²) in [5, 5.41) is 9.07. The number of nitrogens with zero attached hydrogens (tertiary/aromatic N) is 2. The summed E-state index contributed by atoms with van der Waals surface area (Å²) >= 11 is 0. The van der Waals surface area contributed by atoms with Gasteiger partial charge in [0.1, 0.15) is 17.1 Å². The molecule has 2 aliphatic heterocycles. The van der Waals surface area contributed by atoms with E-state index in [1.54, 1.807) is 13.0 Å². The van der Waals surface area contributed by atoms with Crippen molar-refractivity contribution in [2.75, 3.05) is 20.1 Å². The predicted molar refractivity (Wildman–Crippen MR) is 74.9 cm³/mol. The smallest absolute Gasteiger partial charge is 0.339 e. The average molecular weight is 278 g/mol. The van der Waals surface area contributed by atoms with Crippen LogP contribution in [0.2, 0.25) is 0 Å². The van der Waals surface area contributed by atoms with E-state index in [4.69, 9.17) is 9.52 Å². The number of furan rings is 1. The summed E-state index contributed by atoms with van der Waals surface area (Å²) in [6, 6.07) is 3.03. The van der Waals surface area contributed by atoms with Gasteiger partial charge in [0.05, 0.1) is 6.54 Å². The van der Waals surface area contributed by atoms with Gasteiger partial charge in [-0.3, -0.25) is 9.80 Å². The normalized spacial score (nSPS) is 27.7. The van der Waals surface area contributed by atoms with Crippen LogP contribution in [0.1, 0.15) is 41.1 Å². The maximum atomic E-state index is 11.0. The van der Waals surface area contributed by atoms with Crippen LogP contribution in [0.3, 0.4) is 0 Å². The molecule has 0 radical (unpaired) electrons. The second-order valence-electron chi connectivity index (χ2n) is 6.06. The Morgan fingerprint density at radius 3 is 2.85 bits per heavy atom. The number of likely N-dealkylation sites (tertiary alicyclic amines) is 1. The molecule has 3 heterocycles. The van der Waals surface area contributed by atoms with Crippen molar-refractivity contribution in [3.63, 3.8) is 0 Å². The topological polar surface area (TPSA) is 56.9 Å². The standard InChI is InChI=1S/C15H22N2O3/c1-10-14(15(18)19)7-13(20-10)9-17-6-5-11-3-4-12(8-17)16(11)2/h7,11-12H,3-6,8-9H2,1-2H3,(H,18,19). The van der Waals surface area contributed by atoms with Gasteiger partial charge in [-0.2, -0.15) is 0 Å². The quantitative estimate of drug-likeness (QED) is 0.916. The first-order chi connectivity index (χ1) is 9.54. The van der Waals surface area contributed by atoms with Gasteiger partial charge in [0.25, 0.3) is 0 Å². The zero-order valence-corrected chi connectivity index (χ0v) is 12.1. The molecule has 0 amide bonds. The van der Waals surface area contributed by atoms with Crippen LogP contribution in [0.15, 0.2) is 10.5 Å². The number of fused-ring (bicyclic) bond motifs is 2. The molecule has 110 valence electrons. The van der Waals surface area contributed by atoms with Gasteiger partial charge in [-0.25, -0.2) is 4.79 Å². The minimum atomic E-state index is -0.910. The highest BCUT2D eigenvalue weighted by Gasteiger charge is 2.34. The molecule has 20 heavy (non-hydrogen) atoms. The molecule has 2 bridgehead atoms. The van der Waals surface area contributed by atoms with Crippen LogP contribution in [-0.4, -0.2) is 53.1 Å². The molecule has 2 atom stereocenters. The summed E-state index contributed by atoms with van der Waals surface area (Å²) in [4.78, 5) is 16.0. The molecule has 2 unspecified atom stereocenters. The van der Waals surface area contributed by atoms with Gasteiger partial charge in [-0.05, 0) is 39.3 Å². The Labute approximate surface area is 119 Å². The van der Waals surface area contributed by atoms with Gasteiger partial charge in [-0.1, -0.05) is 0 Å². The Hall–Kier alpha value is -1.33. The third-order valence-corrected chi connectivity index (χ3v) is 4.81. The lowest BCUT2D eigenvalue weighted by Gasteiger charge is -2.24. The van der Waals surface area contributed by atoms with Crippen LogP contribution in [-0.2, 0) is 6.54 Å². The first kappa shape index (κ1) is 13.6. The van der Waals surface area contributed by atoms with Gasteiger partial charge < -0.3 is 9.52 Å². The monoisotopic (exact) mass is 278 g/mol. The average Bonchev–Trinajstić information content (AvgIpc) is 2.84. The van der Waals surface area contributed by atoms with Crippen LogP contribution in [0.25, 0.3) is 0 Å². The highest BCUT2D eigenvalue weighted by molar-refractivity contribution is 5.88. The molecular formula is C15H22N2O3. The van der Waals surface area contributed by atoms with E-state index >= 15 is 0 Å². The molecular weight excluding hydrogens is 256 g/mol. The van der Waals surface area contributed by atoms with Crippen LogP contribution in [0, 0.1) is 6.92 Å². The third kappa shape index (κ3) is 2.47. The number of carboxylic acid groups (broad SMARTS) is 1. The van der Waals surface area contributed by atoms with Gasteiger partial charge in [-0.15, -0.1) is 0 Å². The second-order valence-corrected chi connectivity index (χ2v) is 6.06. The number of hydrogen-bond acceptors (Lipinski definition) is 4. The minimum Gasteiger partial charge on any atom is -0.478 e. The summed E-state index contributed by atoms with van der Waals surface area (Å²) in [6.45, 7) is 4.54. The van der Waals surface area contributed by atoms with Crippen molar-refractivity contribution in [2.45, 2.75) is 44.8 Å². The number of carbonyl (C=O) groups is 1. The van der Waals surface area contributed by atoms with Crippen LogP contribution in [0.4, 0.5) is 0 Å². The first-order valence-corrected chi connectivity index (χ1v) is 7.31. The SMILES string of the molecule is Cc1oc(CN2CCC3CCC(C2)N3C)cc1C(=O)O. The maximum Gasteiger partial charge on any atom is 0.339 e. The van der Waals surface area contributed by atoms with E-state index in [1.165, 1.54) is 19.3 Å². The van der Waals surface area contributed by atoms with E-state index in [2.05, 4.69) is 16.8 Å². The van der Waals surface area contributed by atoms with Crippen molar-refractivity contribution in [1.82, 2.24) is 9.80 Å². The Balaban J connectivity index is 1.69. The van der Waals surface area contributed by atoms with Crippen LogP contribution < -0.4 is 0 Å². The van der Waals surface area contributed by atoms with Gasteiger partial charge in [0.2, 0.25) is 0 Å². The molecule has 3 rings (SSSR count). The Morgan fingerprint density at radius 1 is 1.40 bits per heavy atom. The largest absolute Gasteiger partial charge is 0.478 e. The van der Waals surface area contributed by atoms with Gasteiger partial charge in [0, 0.05) is 25.2 Å². The van der Waals surface area contributed by atoms with E-state index in [1.807, 2.05) is 0 Å². The third-order valence-electron chi connectivity index (χ3n) is 4.81. The number of aromatic carboxylic acids is 1. The number of rotatable bonds is 3. The number of carboxylic acids is 1. The molecule has 0 aromatic carbocycles. The van der Waals surface area contributed by atoms with Crippen molar-refractivity contribution in [1.29, 1.82) is 0 Å². The highest BCUT2D eigenvalue weighted by Crippen LogP contribution is 2.29. The summed E-state index contributed by atoms with van der Waals surface area (Å²) in [5.74, 6) is 0.355. The van der Waals surface area contributed by atoms with E-state index < -0.39 is 5.97 Å². The molecule has 5 nitrogen and oxygen atoms in total. The fourth-order valence-electron chi connectivity index (χ4n) is 3.58. The van der Waals surface area contributed by atoms with Crippen LogP contribution >= 0.6 is 0 Å². The number of aryl methyl sites for hydroxylation is 1. The van der Waals surface area contributed by atoms with Crippen molar-refractivity contribution >= 4 is 5.97 Å². The fraction of sp³-hybridized carbons (Fsp3) is 0.667. The fourth-order valence-corrected chi connectivity index (χ4v) is 3.58. The Bertz CT molecular complexity index is 511. The van der Waals surface area contributed by atoms with Crippen molar-refractivity contribution in [3.8, 4) is 0 Å². The van der Waals surface area contributed by atoms with Crippen molar-refractivity contribution in [3.05, 3.63) is 23.2 Å². The predicted octanol–water partition coefficient (Wildman–Crippen LogP) is 1.95. The van der Waals surface area contributed by atoms with E-state index in [9.17, 15) is 4.79 Å². The second kappa shape index (κ2) is 5.22. The van der Waals surface area contributed by atoms with Crippen LogP contribution in [0.5, 0.6) is 0 Å². The molecule has 1 aromatic heterocycles. The molecule has 0 spiro atoms. The molecule has 2 saturated heterocycles. The van der Waals surface area contributed by atoms with E-state index in [-0.39, 0.29) is 5.56 Å². The highest BCUT2D eigenvalue weighted by atomic mass is 16.4. The molecule has 0 saturated carbocycles. The molecule has 1 N–H and O–H groups in total. The van der Waals surface area contributed by atoms with Gasteiger partial charge in [0.15, 0.2) is 0 Å². The summed E-state index contributed by atoms with van der Waals surface area (Å²) < 4.78 is 5.59.